The van der Waals surface area contributed by atoms with E-state index in [1.165, 1.54) is 25.8 Å². The molecule has 0 bridgehead atoms. The van der Waals surface area contributed by atoms with Crippen molar-refractivity contribution < 1.29 is 9.47 Å². The zero-order valence-electron chi connectivity index (χ0n) is 10.4. The molecule has 16 heavy (non-hydrogen) atoms. The van der Waals surface area contributed by atoms with Gasteiger partial charge in [-0.2, -0.15) is 0 Å². The summed E-state index contributed by atoms with van der Waals surface area (Å²) >= 11 is 0. The molecule has 94 valence electrons. The Bertz CT molecular complexity index is 193. The Morgan fingerprint density at radius 3 is 2.38 bits per heavy atom. The van der Waals surface area contributed by atoms with Crippen LogP contribution in [0.1, 0.15) is 19.3 Å². The second-order valence-electron chi connectivity index (χ2n) is 4.86. The molecule has 1 N–H and O–H groups in total. The molecule has 0 aromatic carbocycles. The van der Waals surface area contributed by atoms with Crippen molar-refractivity contribution in [2.45, 2.75) is 37.5 Å². The quantitative estimate of drug-likeness (QED) is 0.761. The van der Waals surface area contributed by atoms with Gasteiger partial charge in [-0.05, 0) is 19.4 Å². The van der Waals surface area contributed by atoms with E-state index < -0.39 is 0 Å². The van der Waals surface area contributed by atoms with E-state index >= 15 is 0 Å². The van der Waals surface area contributed by atoms with Crippen molar-refractivity contribution in [1.82, 2.24) is 10.2 Å². The number of rotatable bonds is 3. The minimum atomic E-state index is 0.244. The number of hydrogen-bond donors (Lipinski definition) is 1. The van der Waals surface area contributed by atoms with Gasteiger partial charge >= 0.3 is 0 Å². The summed E-state index contributed by atoms with van der Waals surface area (Å²) in [5.74, 6) is 0. The predicted octanol–water partition coefficient (Wildman–Crippen LogP) is 0.474. The lowest BCUT2D eigenvalue weighted by molar-refractivity contribution is -0.00461. The molecular weight excluding hydrogens is 204 g/mol. The molecule has 2 heterocycles. The molecule has 2 saturated heterocycles. The maximum atomic E-state index is 5.48. The van der Waals surface area contributed by atoms with E-state index in [9.17, 15) is 0 Å². The molecule has 0 radical (unpaired) electrons. The van der Waals surface area contributed by atoms with Gasteiger partial charge in [0.05, 0.1) is 12.2 Å². The Morgan fingerprint density at radius 1 is 1.06 bits per heavy atom. The number of nitrogens with one attached hydrogen (secondary N) is 1. The van der Waals surface area contributed by atoms with Crippen molar-refractivity contribution >= 4 is 0 Å². The highest BCUT2D eigenvalue weighted by Gasteiger charge is 2.36. The van der Waals surface area contributed by atoms with Crippen LogP contribution in [0.4, 0.5) is 0 Å². The van der Waals surface area contributed by atoms with E-state index in [0.29, 0.717) is 6.04 Å². The molecule has 0 aromatic heterocycles. The molecule has 2 aliphatic rings. The zero-order chi connectivity index (χ0) is 11.4. The fourth-order valence-electron chi connectivity index (χ4n) is 2.84. The van der Waals surface area contributed by atoms with Crippen LogP contribution in [0.25, 0.3) is 0 Å². The molecule has 4 heteroatoms. The summed E-state index contributed by atoms with van der Waals surface area (Å²) in [7, 11) is 3.57. The van der Waals surface area contributed by atoms with Crippen molar-refractivity contribution in [2.75, 3.05) is 40.4 Å². The molecule has 0 aliphatic carbocycles. The van der Waals surface area contributed by atoms with Gasteiger partial charge in [-0.1, -0.05) is 6.42 Å². The monoisotopic (exact) mass is 228 g/mol. The zero-order valence-corrected chi connectivity index (χ0v) is 10.4. The lowest BCUT2D eigenvalue weighted by Crippen LogP contribution is -2.40. The van der Waals surface area contributed by atoms with Crippen LogP contribution in [-0.2, 0) is 9.47 Å². The molecule has 0 aromatic rings. The standard InChI is InChI=1S/C12H24N2O2/c1-15-11-8-14(9-12(11)16-2)10-5-3-4-6-13-7-10/h10-13H,3-9H2,1-2H3. The number of hydrogen-bond acceptors (Lipinski definition) is 4. The molecule has 3 atom stereocenters. The van der Waals surface area contributed by atoms with Gasteiger partial charge in [0.2, 0.25) is 0 Å². The van der Waals surface area contributed by atoms with E-state index in [2.05, 4.69) is 10.2 Å². The van der Waals surface area contributed by atoms with Gasteiger partial charge in [-0.3, -0.25) is 4.90 Å². The van der Waals surface area contributed by atoms with Gasteiger partial charge in [0, 0.05) is 39.9 Å². The molecule has 0 saturated carbocycles. The fourth-order valence-corrected chi connectivity index (χ4v) is 2.84. The molecule has 0 amide bonds. The van der Waals surface area contributed by atoms with E-state index in [1.54, 1.807) is 14.2 Å². The fraction of sp³-hybridized carbons (Fsp3) is 1.00. The Kier molecular flexibility index (Phi) is 4.58. The first kappa shape index (κ1) is 12.3. The van der Waals surface area contributed by atoms with Crippen LogP contribution in [0.15, 0.2) is 0 Å². The first-order valence-corrected chi connectivity index (χ1v) is 6.35. The predicted molar refractivity (Wildman–Crippen MR) is 63.7 cm³/mol. The van der Waals surface area contributed by atoms with E-state index in [1.807, 2.05) is 0 Å². The van der Waals surface area contributed by atoms with Crippen molar-refractivity contribution in [3.8, 4) is 0 Å². The van der Waals surface area contributed by atoms with Crippen LogP contribution in [0.5, 0.6) is 0 Å². The molecule has 0 spiro atoms. The summed E-state index contributed by atoms with van der Waals surface area (Å²) in [6.45, 7) is 4.32. The Labute approximate surface area is 98.3 Å². The smallest absolute Gasteiger partial charge is 0.0971 e. The van der Waals surface area contributed by atoms with Crippen LogP contribution < -0.4 is 5.32 Å². The minimum Gasteiger partial charge on any atom is -0.377 e. The van der Waals surface area contributed by atoms with E-state index in [-0.39, 0.29) is 12.2 Å². The Morgan fingerprint density at radius 2 is 1.75 bits per heavy atom. The molecular formula is C12H24N2O2. The topological polar surface area (TPSA) is 33.7 Å². The van der Waals surface area contributed by atoms with Crippen LogP contribution in [0, 0.1) is 0 Å². The summed E-state index contributed by atoms with van der Waals surface area (Å²) < 4.78 is 11.0. The Hall–Kier alpha value is -0.160. The molecule has 4 nitrogen and oxygen atoms in total. The highest BCUT2D eigenvalue weighted by Crippen LogP contribution is 2.21. The van der Waals surface area contributed by atoms with E-state index in [0.717, 1.165) is 19.6 Å². The summed E-state index contributed by atoms with van der Waals surface area (Å²) in [4.78, 5) is 2.53. The lowest BCUT2D eigenvalue weighted by atomic mass is 10.1. The summed E-state index contributed by atoms with van der Waals surface area (Å²) in [5.41, 5.74) is 0. The van der Waals surface area contributed by atoms with Crippen molar-refractivity contribution in [3.05, 3.63) is 0 Å². The van der Waals surface area contributed by atoms with Crippen molar-refractivity contribution in [2.24, 2.45) is 0 Å². The molecule has 3 unspecified atom stereocenters. The van der Waals surface area contributed by atoms with Crippen molar-refractivity contribution in [3.63, 3.8) is 0 Å². The average Bonchev–Trinajstić information content (AvgIpc) is 2.54. The molecule has 2 aliphatic heterocycles. The van der Waals surface area contributed by atoms with Crippen LogP contribution in [-0.4, -0.2) is 63.5 Å². The van der Waals surface area contributed by atoms with Gasteiger partial charge in [0.1, 0.15) is 0 Å². The van der Waals surface area contributed by atoms with Crippen LogP contribution in [0.2, 0.25) is 0 Å². The second kappa shape index (κ2) is 5.96. The van der Waals surface area contributed by atoms with Gasteiger partial charge in [0.25, 0.3) is 0 Å². The largest absolute Gasteiger partial charge is 0.377 e. The SMILES string of the molecule is COC1CN(C2CCCCNC2)CC1OC. The molecule has 2 rings (SSSR count). The third-order valence-corrected chi connectivity index (χ3v) is 3.89. The van der Waals surface area contributed by atoms with E-state index in [4.69, 9.17) is 9.47 Å². The number of nitrogens with zero attached hydrogens (tertiary/aromatic N) is 1. The van der Waals surface area contributed by atoms with Gasteiger partial charge in [-0.15, -0.1) is 0 Å². The van der Waals surface area contributed by atoms with Crippen molar-refractivity contribution in [1.29, 1.82) is 0 Å². The Balaban J connectivity index is 1.89. The maximum Gasteiger partial charge on any atom is 0.0971 e. The van der Waals surface area contributed by atoms with Crippen LogP contribution >= 0.6 is 0 Å². The molecule has 2 fully saturated rings. The summed E-state index contributed by atoms with van der Waals surface area (Å²) in [6.07, 6.45) is 4.44. The van der Waals surface area contributed by atoms with Gasteiger partial charge in [0.15, 0.2) is 0 Å². The minimum absolute atomic E-state index is 0.244. The number of methoxy groups -OCH3 is 2. The first-order valence-electron chi connectivity index (χ1n) is 6.35. The average molecular weight is 228 g/mol. The number of ether oxygens (including phenoxy) is 2. The first-order chi connectivity index (χ1) is 7.85. The third-order valence-electron chi connectivity index (χ3n) is 3.89. The normalized spacial score (nSPS) is 37.5. The van der Waals surface area contributed by atoms with Gasteiger partial charge in [-0.25, -0.2) is 0 Å². The second-order valence-corrected chi connectivity index (χ2v) is 4.86. The highest BCUT2D eigenvalue weighted by atomic mass is 16.5. The third kappa shape index (κ3) is 2.74. The summed E-state index contributed by atoms with van der Waals surface area (Å²) in [5, 5.41) is 3.52. The highest BCUT2D eigenvalue weighted by molar-refractivity contribution is 4.90. The summed E-state index contributed by atoms with van der Waals surface area (Å²) in [6, 6.07) is 0.667. The maximum absolute atomic E-state index is 5.48. The number of likely N-dealkylation sites (tertiary alicyclic amines) is 1. The van der Waals surface area contributed by atoms with Crippen LogP contribution in [0.3, 0.4) is 0 Å². The lowest BCUT2D eigenvalue weighted by Gasteiger charge is -2.26. The van der Waals surface area contributed by atoms with Gasteiger partial charge < -0.3 is 14.8 Å².